The molecule has 0 aromatic carbocycles. The first-order valence-electron chi connectivity index (χ1n) is 9.22. The van der Waals surface area contributed by atoms with Crippen LogP contribution in [0, 0.1) is 23.7 Å². The third-order valence-corrected chi connectivity index (χ3v) is 16.8. The molecule has 0 spiro atoms. The quantitative estimate of drug-likeness (QED) is 0.229. The smallest absolute Gasteiger partial charge is 0.109 e. The van der Waals surface area contributed by atoms with Crippen LogP contribution >= 0.6 is 139 Å². The molecule has 0 aliphatic heterocycles. The summed E-state index contributed by atoms with van der Waals surface area (Å²) >= 11 is 81.3. The molecule has 3 fully saturated rings. The van der Waals surface area contributed by atoms with Crippen LogP contribution in [0.25, 0.3) is 0 Å². The maximum atomic E-state index is 7.02. The summed E-state index contributed by atoms with van der Waals surface area (Å²) in [6.07, 6.45) is 2.22. The third kappa shape index (κ3) is 2.18. The Morgan fingerprint density at radius 1 is 0.400 bits per heavy atom. The molecule has 0 N–H and O–H groups in total. The van der Waals surface area contributed by atoms with Gasteiger partial charge < -0.3 is 0 Å². The van der Waals surface area contributed by atoms with E-state index in [2.05, 4.69) is 0 Å². The lowest BCUT2D eigenvalue weighted by Crippen LogP contribution is -2.45. The van der Waals surface area contributed by atoms with Crippen molar-refractivity contribution in [2.75, 3.05) is 0 Å². The average Bonchev–Trinajstić information content (AvgIpc) is 2.96. The number of hydrogen-bond acceptors (Lipinski definition) is 0. The van der Waals surface area contributed by atoms with E-state index in [1.54, 1.807) is 0 Å². The summed E-state index contributed by atoms with van der Waals surface area (Å²) < 4.78 is -3.17. The number of fused-ring (bicyclic) bond motifs is 10. The number of rotatable bonds is 0. The Hall–Kier alpha value is 2.96. The van der Waals surface area contributed by atoms with Crippen LogP contribution in [0.4, 0.5) is 0 Å². The zero-order valence-corrected chi connectivity index (χ0v) is 23.7. The van der Waals surface area contributed by atoms with Crippen molar-refractivity contribution in [1.82, 2.24) is 0 Å². The second-order valence-corrected chi connectivity index (χ2v) is 15.4. The molecule has 0 nitrogen and oxygen atoms in total. The number of halogens is 12. The molecule has 0 unspecified atom stereocenters. The van der Waals surface area contributed by atoms with Crippen molar-refractivity contribution in [3.05, 3.63) is 20.1 Å². The fraction of sp³-hybridized carbons (Fsp3) is 0.778. The van der Waals surface area contributed by atoms with Gasteiger partial charge in [0, 0.05) is 0 Å². The molecule has 0 aromatic rings. The molecule has 0 heterocycles. The second kappa shape index (κ2) is 6.83. The van der Waals surface area contributed by atoms with Gasteiger partial charge in [-0.25, -0.2) is 0 Å². The molecular weight excluding hydrogens is 642 g/mol. The van der Waals surface area contributed by atoms with Crippen LogP contribution in [0.1, 0.15) is 25.7 Å². The third-order valence-electron chi connectivity index (χ3n) is 8.08. The summed E-state index contributed by atoms with van der Waals surface area (Å²) in [5, 5.41) is 0.765. The topological polar surface area (TPSA) is 0 Å². The molecule has 8 atom stereocenters. The van der Waals surface area contributed by atoms with Gasteiger partial charge >= 0.3 is 0 Å². The van der Waals surface area contributed by atoms with Crippen LogP contribution in [-0.4, -0.2) is 28.2 Å². The monoisotopic (exact) mass is 648 g/mol. The predicted octanol–water partition coefficient (Wildman–Crippen LogP) is 9.72. The molecular formula is C18H12Cl12. The SMILES string of the molecule is ClC1=C(Cl)[C@@]2(Cl)[C@@H]3CC[C@@H]4[C@@H](CC[C@H]3[C@@]1(Cl)C2(Cl)Cl)[C@@]1(Cl)C(Cl)=C(Cl)[C@@]4(Cl)C1(Cl)Cl. The zero-order valence-electron chi connectivity index (χ0n) is 14.7. The van der Waals surface area contributed by atoms with Gasteiger partial charge in [-0.3, -0.25) is 0 Å². The van der Waals surface area contributed by atoms with Crippen LogP contribution in [0.3, 0.4) is 0 Å². The summed E-state index contributed by atoms with van der Waals surface area (Å²) in [4.78, 5) is -5.28. The van der Waals surface area contributed by atoms with Crippen LogP contribution in [0.15, 0.2) is 20.1 Å². The Kier molecular flexibility index (Phi) is 5.61. The van der Waals surface area contributed by atoms with Gasteiger partial charge in [-0.05, 0) is 49.4 Å². The molecule has 168 valence electrons. The highest BCUT2D eigenvalue weighted by Gasteiger charge is 2.85. The molecule has 0 radical (unpaired) electrons. The molecule has 0 aromatic heterocycles. The lowest BCUT2D eigenvalue weighted by Gasteiger charge is -2.44. The normalized spacial score (nSPS) is 55.6. The van der Waals surface area contributed by atoms with Gasteiger partial charge in [0.05, 0.1) is 20.1 Å². The summed E-state index contributed by atoms with van der Waals surface area (Å²) in [5.74, 6) is -0.976. The van der Waals surface area contributed by atoms with E-state index in [0.717, 1.165) is 0 Å². The van der Waals surface area contributed by atoms with Gasteiger partial charge in [-0.15, -0.1) is 46.4 Å². The van der Waals surface area contributed by atoms with Gasteiger partial charge in [0.15, 0.2) is 8.67 Å². The molecule has 3 saturated carbocycles. The van der Waals surface area contributed by atoms with Crippen molar-refractivity contribution < 1.29 is 0 Å². The van der Waals surface area contributed by atoms with Crippen molar-refractivity contribution in [1.29, 1.82) is 0 Å². The summed E-state index contributed by atoms with van der Waals surface area (Å²) in [7, 11) is 0. The van der Waals surface area contributed by atoms with E-state index >= 15 is 0 Å². The number of hydrogen-bond donors (Lipinski definition) is 0. The van der Waals surface area contributed by atoms with E-state index in [0.29, 0.717) is 25.7 Å². The molecule has 12 heteroatoms. The van der Waals surface area contributed by atoms with Crippen molar-refractivity contribution in [3.8, 4) is 0 Å². The number of allylic oxidation sites excluding steroid dienone is 4. The average molecular weight is 654 g/mol. The standard InChI is InChI=1S/C18H12Cl12/c19-9-10(20)15(25)7-3-4-8-6(2-1-5(7)13(9,23)17(15,27)28)14(24)11(21)12(22)16(8,26)18(14,29)30/h5-8H,1-4H2/t5-,6-,7-,8-,13-,14+,15-,16+/m1/s1. The van der Waals surface area contributed by atoms with E-state index in [9.17, 15) is 0 Å². The summed E-state index contributed by atoms with van der Waals surface area (Å²) in [5.41, 5.74) is 0. The lowest BCUT2D eigenvalue weighted by atomic mass is 9.67. The first-order valence-corrected chi connectivity index (χ1v) is 13.8. The van der Waals surface area contributed by atoms with E-state index < -0.39 is 28.2 Å². The maximum Gasteiger partial charge on any atom is 0.166 e. The van der Waals surface area contributed by atoms with Gasteiger partial charge in [0.2, 0.25) is 0 Å². The highest BCUT2D eigenvalue weighted by molar-refractivity contribution is 6.66. The Balaban J connectivity index is 1.62. The Labute approximate surface area is 234 Å². The molecule has 5 aliphatic carbocycles. The molecule has 30 heavy (non-hydrogen) atoms. The summed E-state index contributed by atoms with van der Waals surface area (Å²) in [6.45, 7) is 0. The minimum atomic E-state index is -1.58. The fourth-order valence-corrected chi connectivity index (χ4v) is 13.0. The molecule has 0 saturated heterocycles. The first-order chi connectivity index (χ1) is 13.6. The van der Waals surface area contributed by atoms with Gasteiger partial charge in [0.1, 0.15) is 19.5 Å². The highest BCUT2D eigenvalue weighted by atomic mass is 35.5. The zero-order chi connectivity index (χ0) is 22.4. The molecule has 5 rings (SSSR count). The summed E-state index contributed by atoms with van der Waals surface area (Å²) in [6, 6.07) is 0. The Morgan fingerprint density at radius 2 is 0.567 bits per heavy atom. The minimum Gasteiger partial charge on any atom is -0.109 e. The van der Waals surface area contributed by atoms with Crippen molar-refractivity contribution in [3.63, 3.8) is 0 Å². The van der Waals surface area contributed by atoms with E-state index in [1.807, 2.05) is 0 Å². The first kappa shape index (κ1) is 24.6. The second-order valence-electron chi connectivity index (χ2n) is 8.83. The minimum absolute atomic E-state index is 0.191. The van der Waals surface area contributed by atoms with Crippen LogP contribution < -0.4 is 0 Å². The van der Waals surface area contributed by atoms with Gasteiger partial charge in [-0.2, -0.15) is 0 Å². The van der Waals surface area contributed by atoms with Crippen LogP contribution in [0.5, 0.6) is 0 Å². The van der Waals surface area contributed by atoms with Crippen LogP contribution in [0.2, 0.25) is 0 Å². The van der Waals surface area contributed by atoms with E-state index in [1.165, 1.54) is 0 Å². The maximum absolute atomic E-state index is 7.02. The molecule has 5 aliphatic rings. The fourth-order valence-electron chi connectivity index (χ4n) is 6.73. The van der Waals surface area contributed by atoms with E-state index in [-0.39, 0.29) is 43.8 Å². The van der Waals surface area contributed by atoms with Gasteiger partial charge in [-0.1, -0.05) is 92.8 Å². The highest BCUT2D eigenvalue weighted by Crippen LogP contribution is 2.81. The van der Waals surface area contributed by atoms with Crippen molar-refractivity contribution in [2.24, 2.45) is 23.7 Å². The molecule has 0 amide bonds. The van der Waals surface area contributed by atoms with Crippen molar-refractivity contribution >= 4 is 139 Å². The lowest BCUT2D eigenvalue weighted by molar-refractivity contribution is 0.175. The number of alkyl halides is 8. The molecule has 4 bridgehead atoms. The Morgan fingerprint density at radius 3 is 0.733 bits per heavy atom. The van der Waals surface area contributed by atoms with Gasteiger partial charge in [0.25, 0.3) is 0 Å². The predicted molar refractivity (Wildman–Crippen MR) is 133 cm³/mol. The van der Waals surface area contributed by atoms with Crippen molar-refractivity contribution in [2.45, 2.75) is 53.8 Å². The van der Waals surface area contributed by atoms with E-state index in [4.69, 9.17) is 139 Å². The van der Waals surface area contributed by atoms with Crippen LogP contribution in [-0.2, 0) is 0 Å². The largest absolute Gasteiger partial charge is 0.166 e. The Bertz CT molecular complexity index is 782.